The molecule has 0 saturated heterocycles. The van der Waals surface area contributed by atoms with Crippen molar-refractivity contribution in [3.63, 3.8) is 0 Å². The highest BCUT2D eigenvalue weighted by Gasteiger charge is 2.21. The van der Waals surface area contributed by atoms with Crippen LogP contribution in [0.25, 0.3) is 11.4 Å². The number of halogens is 1. The van der Waals surface area contributed by atoms with E-state index in [0.29, 0.717) is 30.0 Å². The third-order valence-electron chi connectivity index (χ3n) is 4.90. The van der Waals surface area contributed by atoms with E-state index in [4.69, 9.17) is 0 Å². The second kappa shape index (κ2) is 8.69. The zero-order chi connectivity index (χ0) is 20.9. The summed E-state index contributed by atoms with van der Waals surface area (Å²) in [5.41, 5.74) is 3.59. The molecule has 5 nitrogen and oxygen atoms in total. The van der Waals surface area contributed by atoms with E-state index in [-0.39, 0.29) is 11.7 Å². The number of hydrogen-bond donors (Lipinski definition) is 0. The lowest BCUT2D eigenvalue weighted by Gasteiger charge is -2.18. The van der Waals surface area contributed by atoms with Crippen molar-refractivity contribution in [1.82, 2.24) is 14.8 Å². The van der Waals surface area contributed by atoms with Gasteiger partial charge in [-0.1, -0.05) is 36.4 Å². The van der Waals surface area contributed by atoms with Crippen LogP contribution in [0, 0.1) is 5.82 Å². The number of amides is 1. The van der Waals surface area contributed by atoms with Crippen molar-refractivity contribution in [3.05, 3.63) is 102 Å². The van der Waals surface area contributed by atoms with Crippen LogP contribution in [0.2, 0.25) is 0 Å². The van der Waals surface area contributed by atoms with Crippen molar-refractivity contribution in [1.29, 1.82) is 0 Å². The van der Waals surface area contributed by atoms with Gasteiger partial charge in [-0.25, -0.2) is 4.39 Å². The van der Waals surface area contributed by atoms with Gasteiger partial charge in [0.25, 0.3) is 5.91 Å². The number of benzene rings is 2. The average molecular weight is 400 g/mol. The van der Waals surface area contributed by atoms with Crippen LogP contribution in [0.5, 0.6) is 0 Å². The molecule has 0 aliphatic carbocycles. The predicted molar refractivity (Wildman–Crippen MR) is 115 cm³/mol. The highest BCUT2D eigenvalue weighted by molar-refractivity contribution is 6.05. The number of rotatable bonds is 6. The van der Waals surface area contributed by atoms with Gasteiger partial charge in [0.1, 0.15) is 17.2 Å². The molecule has 150 valence electrons. The molecule has 1 amide bonds. The third-order valence-corrected chi connectivity index (χ3v) is 4.90. The Morgan fingerprint density at radius 1 is 0.967 bits per heavy atom. The van der Waals surface area contributed by atoms with E-state index in [9.17, 15) is 9.18 Å². The topological polar surface area (TPSA) is 51.0 Å². The fourth-order valence-corrected chi connectivity index (χ4v) is 3.23. The first-order chi connectivity index (χ1) is 14.6. The van der Waals surface area contributed by atoms with Crippen LogP contribution in [-0.4, -0.2) is 27.7 Å². The quantitative estimate of drug-likeness (QED) is 0.475. The normalized spacial score (nSPS) is 10.7. The van der Waals surface area contributed by atoms with Gasteiger partial charge in [-0.2, -0.15) is 5.10 Å². The number of carbonyl (C=O) groups is 1. The van der Waals surface area contributed by atoms with Gasteiger partial charge in [-0.15, -0.1) is 0 Å². The van der Waals surface area contributed by atoms with Crippen LogP contribution in [-0.2, 0) is 13.0 Å². The molecule has 2 heterocycles. The first-order valence-corrected chi connectivity index (χ1v) is 9.68. The lowest BCUT2D eigenvalue weighted by atomic mass is 10.1. The summed E-state index contributed by atoms with van der Waals surface area (Å²) in [7, 11) is 1.75. The Balaban J connectivity index is 1.65. The van der Waals surface area contributed by atoms with Gasteiger partial charge in [0, 0.05) is 25.5 Å². The van der Waals surface area contributed by atoms with Crippen molar-refractivity contribution < 1.29 is 9.18 Å². The number of aryl methyl sites for hydroxylation is 2. The largest absolute Gasteiger partial charge is 0.310 e. The number of carbonyl (C=O) groups excluding carboxylic acids is 1. The Morgan fingerprint density at radius 3 is 2.40 bits per heavy atom. The van der Waals surface area contributed by atoms with Crippen LogP contribution in [0.4, 0.5) is 10.1 Å². The number of anilines is 1. The van der Waals surface area contributed by atoms with Crippen LogP contribution in [0.3, 0.4) is 0 Å². The fourth-order valence-electron chi connectivity index (χ4n) is 3.23. The first-order valence-electron chi connectivity index (χ1n) is 9.68. The van der Waals surface area contributed by atoms with E-state index in [1.807, 2.05) is 48.5 Å². The Kier molecular flexibility index (Phi) is 5.66. The second-order valence-corrected chi connectivity index (χ2v) is 6.93. The van der Waals surface area contributed by atoms with Crippen molar-refractivity contribution >= 4 is 11.6 Å². The third kappa shape index (κ3) is 4.27. The molecule has 0 aliphatic rings. The number of pyridine rings is 1. The van der Waals surface area contributed by atoms with E-state index in [2.05, 4.69) is 10.1 Å². The number of hydrogen-bond acceptors (Lipinski definition) is 3. The van der Waals surface area contributed by atoms with Gasteiger partial charge in [0.15, 0.2) is 0 Å². The number of nitrogens with zero attached hydrogens (tertiary/aromatic N) is 4. The molecule has 4 aromatic rings. The lowest BCUT2D eigenvalue weighted by Crippen LogP contribution is -2.28. The Bertz CT molecular complexity index is 1130. The second-order valence-electron chi connectivity index (χ2n) is 6.93. The van der Waals surface area contributed by atoms with Gasteiger partial charge in [-0.3, -0.25) is 14.5 Å². The van der Waals surface area contributed by atoms with E-state index < -0.39 is 0 Å². The maximum Gasteiger partial charge on any atom is 0.276 e. The predicted octanol–water partition coefficient (Wildman–Crippen LogP) is 4.60. The molecule has 0 saturated carbocycles. The maximum absolute atomic E-state index is 13.3. The van der Waals surface area contributed by atoms with Crippen LogP contribution < -0.4 is 4.90 Å². The molecule has 2 aromatic heterocycles. The number of aromatic nitrogens is 3. The van der Waals surface area contributed by atoms with Crippen LogP contribution in [0.15, 0.2) is 85.1 Å². The highest BCUT2D eigenvalue weighted by Crippen LogP contribution is 2.21. The molecule has 6 heteroatoms. The molecule has 0 unspecified atom stereocenters. The Hall–Kier alpha value is -3.80. The molecule has 0 fully saturated rings. The minimum absolute atomic E-state index is 0.157. The summed E-state index contributed by atoms with van der Waals surface area (Å²) in [4.78, 5) is 19.2. The smallest absolute Gasteiger partial charge is 0.276 e. The van der Waals surface area contributed by atoms with E-state index in [1.54, 1.807) is 41.0 Å². The molecule has 0 aliphatic heterocycles. The average Bonchev–Trinajstić information content (AvgIpc) is 3.23. The Morgan fingerprint density at radius 2 is 1.70 bits per heavy atom. The lowest BCUT2D eigenvalue weighted by molar-refractivity contribution is 0.0982. The molecular formula is C24H21FN4O. The molecule has 0 spiro atoms. The van der Waals surface area contributed by atoms with Crippen LogP contribution >= 0.6 is 0 Å². The Labute approximate surface area is 174 Å². The number of para-hydroxylation sites is 1. The van der Waals surface area contributed by atoms with Crippen molar-refractivity contribution in [2.45, 2.75) is 13.0 Å². The molecule has 0 N–H and O–H groups in total. The zero-order valence-electron chi connectivity index (χ0n) is 16.6. The van der Waals surface area contributed by atoms with Crippen LogP contribution in [0.1, 0.15) is 16.1 Å². The van der Waals surface area contributed by atoms with Crippen molar-refractivity contribution in [2.75, 3.05) is 11.9 Å². The van der Waals surface area contributed by atoms with Crippen molar-refractivity contribution in [2.24, 2.45) is 0 Å². The molecule has 2 aromatic carbocycles. The fraction of sp³-hybridized carbons (Fsp3) is 0.125. The summed E-state index contributed by atoms with van der Waals surface area (Å²) in [6.07, 6.45) is 2.32. The molecule has 0 bridgehead atoms. The summed E-state index contributed by atoms with van der Waals surface area (Å²) in [5.74, 6) is -0.425. The van der Waals surface area contributed by atoms with E-state index >= 15 is 0 Å². The zero-order valence-corrected chi connectivity index (χ0v) is 16.6. The van der Waals surface area contributed by atoms with Gasteiger partial charge >= 0.3 is 0 Å². The molecule has 4 rings (SSSR count). The van der Waals surface area contributed by atoms with E-state index in [1.165, 1.54) is 12.1 Å². The minimum atomic E-state index is -0.268. The highest BCUT2D eigenvalue weighted by atomic mass is 19.1. The van der Waals surface area contributed by atoms with Gasteiger partial charge in [0.05, 0.1) is 5.69 Å². The molecular weight excluding hydrogens is 379 g/mol. The maximum atomic E-state index is 13.3. The minimum Gasteiger partial charge on any atom is -0.310 e. The summed E-state index contributed by atoms with van der Waals surface area (Å²) < 4.78 is 14.9. The summed E-state index contributed by atoms with van der Waals surface area (Å²) in [6, 6.07) is 23.2. The first kappa shape index (κ1) is 19.5. The summed E-state index contributed by atoms with van der Waals surface area (Å²) >= 11 is 0. The monoisotopic (exact) mass is 400 g/mol. The standard InChI is InChI=1S/C24H21FN4O/c1-28(20-7-3-2-4-8-20)24(30)23-17-22(21-9-5-6-15-26-21)27-29(23)16-14-18-10-12-19(25)13-11-18/h2-13,15,17H,14,16H2,1H3. The molecule has 0 radical (unpaired) electrons. The van der Waals surface area contributed by atoms with Gasteiger partial charge < -0.3 is 4.90 Å². The summed E-state index contributed by atoms with van der Waals surface area (Å²) in [5, 5.41) is 4.64. The van der Waals surface area contributed by atoms with Crippen molar-refractivity contribution in [3.8, 4) is 11.4 Å². The molecule has 0 atom stereocenters. The van der Waals surface area contributed by atoms with E-state index in [0.717, 1.165) is 11.3 Å². The SMILES string of the molecule is CN(C(=O)c1cc(-c2ccccn2)nn1CCc1ccc(F)cc1)c1ccccc1. The summed E-state index contributed by atoms with van der Waals surface area (Å²) in [6.45, 7) is 0.488. The van der Waals surface area contributed by atoms with Gasteiger partial charge in [0.2, 0.25) is 0 Å². The van der Waals surface area contributed by atoms with Gasteiger partial charge in [-0.05, 0) is 54.4 Å². The molecule has 30 heavy (non-hydrogen) atoms.